The molecule has 1 atom stereocenters. The van der Waals surface area contributed by atoms with Gasteiger partial charge in [-0.25, -0.2) is 0 Å². The molecule has 1 aliphatic heterocycles. The van der Waals surface area contributed by atoms with E-state index in [2.05, 4.69) is 4.98 Å². The van der Waals surface area contributed by atoms with Gasteiger partial charge in [-0.3, -0.25) is 9.59 Å². The van der Waals surface area contributed by atoms with Crippen LogP contribution in [0.15, 0.2) is 71.3 Å². The largest absolute Gasteiger partial charge is 0.481 e. The maximum Gasteiger partial charge on any atom is 0.308 e. The van der Waals surface area contributed by atoms with E-state index in [1.54, 1.807) is 16.7 Å². The molecule has 0 saturated carbocycles. The zero-order valence-electron chi connectivity index (χ0n) is 16.6. The number of carboxylic acids is 1. The molecule has 30 heavy (non-hydrogen) atoms. The number of amides is 1. The second kappa shape index (κ2) is 9.22. The van der Waals surface area contributed by atoms with E-state index in [4.69, 9.17) is 0 Å². The Balaban J connectivity index is 1.62. The Morgan fingerprint density at radius 3 is 2.70 bits per heavy atom. The fourth-order valence-electron chi connectivity index (χ4n) is 3.81. The molecule has 5 nitrogen and oxygen atoms in total. The first-order chi connectivity index (χ1) is 14.6. The lowest BCUT2D eigenvalue weighted by Crippen LogP contribution is -2.43. The number of likely N-dealkylation sites (tertiary alicyclic amines) is 1. The number of rotatable bonds is 6. The first-order valence-electron chi connectivity index (χ1n) is 10.1. The number of aromatic amines is 1. The summed E-state index contributed by atoms with van der Waals surface area (Å²) in [6.45, 7) is 0.874. The molecule has 3 aromatic rings. The molecular formula is C24H24N2O3S. The van der Waals surface area contributed by atoms with Crippen LogP contribution >= 0.6 is 11.8 Å². The molecule has 0 bridgehead atoms. The molecule has 0 spiro atoms. The monoisotopic (exact) mass is 420 g/mol. The van der Waals surface area contributed by atoms with Crippen LogP contribution < -0.4 is 0 Å². The molecule has 1 aliphatic rings. The second-order valence-electron chi connectivity index (χ2n) is 7.49. The first kappa shape index (κ1) is 20.3. The second-order valence-corrected chi connectivity index (χ2v) is 8.54. The third-order valence-corrected chi connectivity index (χ3v) is 6.48. The number of aliphatic carboxylic acids is 1. The van der Waals surface area contributed by atoms with Crippen molar-refractivity contribution in [1.29, 1.82) is 0 Å². The van der Waals surface area contributed by atoms with E-state index in [0.717, 1.165) is 27.8 Å². The molecule has 0 radical (unpaired) electrons. The number of hydrogen-bond acceptors (Lipinski definition) is 3. The number of aromatic nitrogens is 1. The minimum Gasteiger partial charge on any atom is -0.481 e. The number of fused-ring (bicyclic) bond motifs is 1. The SMILES string of the molecule is O=C(O)[C@@H]1CCCN(C(=O)/C(=C/c2c[nH]c3ccccc23)CSc2ccccc2)C1. The zero-order valence-corrected chi connectivity index (χ0v) is 17.4. The number of H-pyrrole nitrogens is 1. The van der Waals surface area contributed by atoms with Gasteiger partial charge in [-0.15, -0.1) is 11.8 Å². The van der Waals surface area contributed by atoms with Crippen molar-refractivity contribution in [3.8, 4) is 0 Å². The predicted octanol–water partition coefficient (Wildman–Crippen LogP) is 4.67. The van der Waals surface area contributed by atoms with Crippen molar-refractivity contribution >= 4 is 40.6 Å². The van der Waals surface area contributed by atoms with E-state index in [0.29, 0.717) is 24.3 Å². The number of carbonyl (C=O) groups excluding carboxylic acids is 1. The minimum atomic E-state index is -0.826. The fraction of sp³-hybridized carbons (Fsp3) is 0.250. The van der Waals surface area contributed by atoms with Gasteiger partial charge >= 0.3 is 5.97 Å². The average Bonchev–Trinajstić information content (AvgIpc) is 3.20. The summed E-state index contributed by atoms with van der Waals surface area (Å²) in [7, 11) is 0. The van der Waals surface area contributed by atoms with Crippen molar-refractivity contribution in [3.05, 3.63) is 71.9 Å². The van der Waals surface area contributed by atoms with Gasteiger partial charge in [0.25, 0.3) is 5.91 Å². The number of hydrogen-bond donors (Lipinski definition) is 2. The molecule has 4 rings (SSSR count). The summed E-state index contributed by atoms with van der Waals surface area (Å²) >= 11 is 1.61. The number of para-hydroxylation sites is 1. The Morgan fingerprint density at radius 2 is 1.90 bits per heavy atom. The highest BCUT2D eigenvalue weighted by Gasteiger charge is 2.29. The number of carbonyl (C=O) groups is 2. The third-order valence-electron chi connectivity index (χ3n) is 5.42. The number of benzene rings is 2. The van der Waals surface area contributed by atoms with Gasteiger partial charge in [0.1, 0.15) is 0 Å². The van der Waals surface area contributed by atoms with Crippen molar-refractivity contribution in [2.75, 3.05) is 18.8 Å². The van der Waals surface area contributed by atoms with Gasteiger partial charge in [0.15, 0.2) is 0 Å². The Kier molecular flexibility index (Phi) is 6.23. The van der Waals surface area contributed by atoms with Crippen molar-refractivity contribution in [1.82, 2.24) is 9.88 Å². The van der Waals surface area contributed by atoms with Crippen molar-refractivity contribution in [2.45, 2.75) is 17.7 Å². The zero-order chi connectivity index (χ0) is 20.9. The number of thioether (sulfide) groups is 1. The summed E-state index contributed by atoms with van der Waals surface area (Å²) in [5.41, 5.74) is 2.67. The minimum absolute atomic E-state index is 0.0744. The third kappa shape index (κ3) is 4.60. The van der Waals surface area contributed by atoms with Crippen molar-refractivity contribution < 1.29 is 14.7 Å². The first-order valence-corrected chi connectivity index (χ1v) is 11.1. The number of carboxylic acid groups (broad SMARTS) is 1. The van der Waals surface area contributed by atoms with Crippen LogP contribution in [0.3, 0.4) is 0 Å². The molecule has 1 amide bonds. The van der Waals surface area contributed by atoms with Gasteiger partial charge in [-0.1, -0.05) is 36.4 Å². The average molecular weight is 421 g/mol. The quantitative estimate of drug-likeness (QED) is 0.449. The fourth-order valence-corrected chi connectivity index (χ4v) is 4.69. The Bertz CT molecular complexity index is 1070. The van der Waals surface area contributed by atoms with Gasteiger partial charge in [0.2, 0.25) is 0 Å². The molecule has 1 aromatic heterocycles. The summed E-state index contributed by atoms with van der Waals surface area (Å²) in [5.74, 6) is -0.863. The lowest BCUT2D eigenvalue weighted by molar-refractivity contribution is -0.145. The molecule has 2 aromatic carbocycles. The van der Waals surface area contributed by atoms with E-state index in [9.17, 15) is 14.7 Å². The molecule has 1 saturated heterocycles. The van der Waals surface area contributed by atoms with E-state index in [1.165, 1.54) is 0 Å². The van der Waals surface area contributed by atoms with Gasteiger partial charge in [0, 0.05) is 52.0 Å². The van der Waals surface area contributed by atoms with Gasteiger partial charge in [0.05, 0.1) is 5.92 Å². The summed E-state index contributed by atoms with van der Waals surface area (Å²) in [6.07, 6.45) is 5.21. The molecular weight excluding hydrogens is 396 g/mol. The predicted molar refractivity (Wildman–Crippen MR) is 120 cm³/mol. The lowest BCUT2D eigenvalue weighted by atomic mass is 9.97. The van der Waals surface area contributed by atoms with Gasteiger partial charge in [-0.2, -0.15) is 0 Å². The van der Waals surface area contributed by atoms with Crippen LogP contribution in [0.1, 0.15) is 18.4 Å². The smallest absolute Gasteiger partial charge is 0.308 e. The lowest BCUT2D eigenvalue weighted by Gasteiger charge is -2.31. The molecule has 2 heterocycles. The van der Waals surface area contributed by atoms with E-state index >= 15 is 0 Å². The Labute approximate surface area is 179 Å². The van der Waals surface area contributed by atoms with Crippen LogP contribution in [0.25, 0.3) is 17.0 Å². The topological polar surface area (TPSA) is 73.4 Å². The Morgan fingerprint density at radius 1 is 1.13 bits per heavy atom. The maximum atomic E-state index is 13.4. The summed E-state index contributed by atoms with van der Waals surface area (Å²) in [4.78, 5) is 30.9. The summed E-state index contributed by atoms with van der Waals surface area (Å²) < 4.78 is 0. The summed E-state index contributed by atoms with van der Waals surface area (Å²) in [6, 6.07) is 18.0. The van der Waals surface area contributed by atoms with Crippen LogP contribution in [0.5, 0.6) is 0 Å². The molecule has 6 heteroatoms. The van der Waals surface area contributed by atoms with Crippen molar-refractivity contribution in [3.63, 3.8) is 0 Å². The molecule has 154 valence electrons. The number of nitrogens with one attached hydrogen (secondary N) is 1. The van der Waals surface area contributed by atoms with E-state index < -0.39 is 11.9 Å². The summed E-state index contributed by atoms with van der Waals surface area (Å²) in [5, 5.41) is 10.5. The van der Waals surface area contributed by atoms with Gasteiger partial charge in [-0.05, 0) is 37.1 Å². The molecule has 0 unspecified atom stereocenters. The normalized spacial score (nSPS) is 17.3. The van der Waals surface area contributed by atoms with Crippen molar-refractivity contribution in [2.24, 2.45) is 5.92 Å². The highest BCUT2D eigenvalue weighted by Crippen LogP contribution is 2.27. The van der Waals surface area contributed by atoms with Crippen LogP contribution in [0.4, 0.5) is 0 Å². The van der Waals surface area contributed by atoms with Crippen LogP contribution in [-0.4, -0.2) is 45.7 Å². The Hall–Kier alpha value is -2.99. The van der Waals surface area contributed by atoms with Gasteiger partial charge < -0.3 is 15.0 Å². The van der Waals surface area contributed by atoms with Crippen LogP contribution in [0.2, 0.25) is 0 Å². The highest BCUT2D eigenvalue weighted by atomic mass is 32.2. The molecule has 1 fully saturated rings. The van der Waals surface area contributed by atoms with Crippen LogP contribution in [0, 0.1) is 5.92 Å². The number of nitrogens with zero attached hydrogens (tertiary/aromatic N) is 1. The highest BCUT2D eigenvalue weighted by molar-refractivity contribution is 7.99. The maximum absolute atomic E-state index is 13.4. The number of piperidine rings is 1. The molecule has 2 N–H and O–H groups in total. The molecule has 0 aliphatic carbocycles. The van der Waals surface area contributed by atoms with E-state index in [1.807, 2.05) is 66.9 Å². The standard InChI is InChI=1S/C24H24N2O3S/c27-23(26-12-6-7-17(15-26)24(28)29)19(16-30-20-8-2-1-3-9-20)13-18-14-25-22-11-5-4-10-21(18)22/h1-5,8-11,13-14,17,25H,6-7,12,15-16H2,(H,28,29)/b19-13+/t17-/m1/s1. The van der Waals surface area contributed by atoms with E-state index in [-0.39, 0.29) is 12.5 Å². The van der Waals surface area contributed by atoms with Crippen LogP contribution in [-0.2, 0) is 9.59 Å².